The molecule has 1 aromatic rings. The van der Waals surface area contributed by atoms with E-state index in [0.29, 0.717) is 12.7 Å². The number of Topliss-reactive ketones (excluding diaryl/α,β-unsaturated/α-hetero) is 1. The maximum absolute atomic E-state index is 11.5. The van der Waals surface area contributed by atoms with Gasteiger partial charge in [0.05, 0.1) is 18.7 Å². The number of aliphatic hydroxyl groups excluding tert-OH is 1. The Morgan fingerprint density at radius 2 is 2.00 bits per heavy atom. The molecule has 0 saturated carbocycles. The molecule has 5 nitrogen and oxygen atoms in total. The Hall–Kier alpha value is -1.56. The molecule has 0 radical (unpaired) electrons. The summed E-state index contributed by atoms with van der Waals surface area (Å²) in [4.78, 5) is 22.0. The molecule has 0 aliphatic rings. The first-order valence-corrected chi connectivity index (χ1v) is 5.79. The highest BCUT2D eigenvalue weighted by Crippen LogP contribution is 2.03. The molecule has 0 saturated heterocycles. The van der Waals surface area contributed by atoms with Crippen LogP contribution in [0.1, 0.15) is 12.5 Å². The van der Waals surface area contributed by atoms with E-state index in [1.54, 1.807) is 0 Å². The van der Waals surface area contributed by atoms with E-state index in [-0.39, 0.29) is 12.4 Å². The molecule has 0 heterocycles. The second kappa shape index (κ2) is 7.71. The average Bonchev–Trinajstić information content (AvgIpc) is 2.39. The van der Waals surface area contributed by atoms with E-state index in [0.717, 1.165) is 5.56 Å². The first-order chi connectivity index (χ1) is 8.67. The maximum Gasteiger partial charge on any atom is 0.148 e. The molecule has 0 spiro atoms. The van der Waals surface area contributed by atoms with E-state index in [9.17, 15) is 9.59 Å². The van der Waals surface area contributed by atoms with E-state index in [2.05, 4.69) is 10.9 Å². The lowest BCUT2D eigenvalue weighted by Gasteiger charge is -2.19. The van der Waals surface area contributed by atoms with Crippen LogP contribution in [0.2, 0.25) is 0 Å². The zero-order chi connectivity index (χ0) is 13.4. The summed E-state index contributed by atoms with van der Waals surface area (Å²) in [5.74, 6) is -0.0334. The summed E-state index contributed by atoms with van der Waals surface area (Å²) in [7, 11) is 0. The predicted molar refractivity (Wildman–Crippen MR) is 67.8 cm³/mol. The SMILES string of the molecule is CC(=O)[C@H](Cc1ccccc1)NN[C@H](C=O)CO. The molecule has 0 aliphatic heterocycles. The average molecular weight is 250 g/mol. The van der Waals surface area contributed by atoms with Crippen molar-refractivity contribution < 1.29 is 14.7 Å². The van der Waals surface area contributed by atoms with Crippen molar-refractivity contribution in [3.63, 3.8) is 0 Å². The molecule has 3 N–H and O–H groups in total. The van der Waals surface area contributed by atoms with E-state index in [1.165, 1.54) is 6.92 Å². The van der Waals surface area contributed by atoms with Crippen molar-refractivity contribution in [3.8, 4) is 0 Å². The van der Waals surface area contributed by atoms with Crippen LogP contribution in [-0.2, 0) is 16.0 Å². The van der Waals surface area contributed by atoms with Gasteiger partial charge in [0.15, 0.2) is 0 Å². The second-order valence-electron chi connectivity index (χ2n) is 4.07. The Balaban J connectivity index is 2.55. The molecule has 1 rings (SSSR count). The van der Waals surface area contributed by atoms with Crippen LogP contribution < -0.4 is 10.9 Å². The molecule has 0 bridgehead atoms. The minimum atomic E-state index is -0.706. The summed E-state index contributed by atoms with van der Waals surface area (Å²) in [5, 5.41) is 8.85. The highest BCUT2D eigenvalue weighted by atomic mass is 16.3. The molecule has 0 unspecified atom stereocenters. The third-order valence-electron chi connectivity index (χ3n) is 2.58. The molecule has 0 amide bonds. The van der Waals surface area contributed by atoms with Gasteiger partial charge in [-0.25, -0.2) is 10.9 Å². The fraction of sp³-hybridized carbons (Fsp3) is 0.385. The number of carbonyl (C=O) groups excluding carboxylic acids is 2. The van der Waals surface area contributed by atoms with Gasteiger partial charge in [0.25, 0.3) is 0 Å². The molecule has 0 aliphatic carbocycles. The normalized spacial score (nSPS) is 13.9. The first kappa shape index (κ1) is 14.5. The topological polar surface area (TPSA) is 78.4 Å². The van der Waals surface area contributed by atoms with E-state index in [4.69, 9.17) is 5.11 Å². The minimum Gasteiger partial charge on any atom is -0.394 e. The number of hydrogen-bond acceptors (Lipinski definition) is 5. The van der Waals surface area contributed by atoms with Gasteiger partial charge in [-0.3, -0.25) is 4.79 Å². The number of carbonyl (C=O) groups is 2. The number of aldehydes is 1. The maximum atomic E-state index is 11.5. The van der Waals surface area contributed by atoms with E-state index in [1.807, 2.05) is 30.3 Å². The smallest absolute Gasteiger partial charge is 0.148 e. The van der Waals surface area contributed by atoms with Crippen molar-refractivity contribution in [3.05, 3.63) is 35.9 Å². The van der Waals surface area contributed by atoms with Gasteiger partial charge >= 0.3 is 0 Å². The van der Waals surface area contributed by atoms with E-state index >= 15 is 0 Å². The van der Waals surface area contributed by atoms with Crippen LogP contribution >= 0.6 is 0 Å². The number of hydrogen-bond donors (Lipinski definition) is 3. The molecule has 18 heavy (non-hydrogen) atoms. The Bertz CT molecular complexity index is 381. The molecular weight excluding hydrogens is 232 g/mol. The molecule has 1 aromatic carbocycles. The van der Waals surface area contributed by atoms with Crippen molar-refractivity contribution in [2.75, 3.05) is 6.61 Å². The van der Waals surface area contributed by atoms with Gasteiger partial charge < -0.3 is 9.90 Å². The number of hydrazine groups is 1. The minimum absolute atomic E-state index is 0.0334. The summed E-state index contributed by atoms with van der Waals surface area (Å²) < 4.78 is 0. The van der Waals surface area contributed by atoms with Gasteiger partial charge in [0.2, 0.25) is 0 Å². The van der Waals surface area contributed by atoms with Crippen LogP contribution in [0, 0.1) is 0 Å². The Labute approximate surface area is 106 Å². The summed E-state index contributed by atoms with van der Waals surface area (Å²) in [6.45, 7) is 1.17. The summed E-state index contributed by atoms with van der Waals surface area (Å²) in [6.07, 6.45) is 1.12. The third kappa shape index (κ3) is 4.75. The van der Waals surface area contributed by atoms with Crippen LogP contribution in [0.5, 0.6) is 0 Å². The highest BCUT2D eigenvalue weighted by Gasteiger charge is 2.15. The van der Waals surface area contributed by atoms with Crippen LogP contribution in [0.3, 0.4) is 0 Å². The largest absolute Gasteiger partial charge is 0.394 e. The molecule has 0 fully saturated rings. The zero-order valence-corrected chi connectivity index (χ0v) is 10.3. The Morgan fingerprint density at radius 3 is 2.50 bits per heavy atom. The van der Waals surface area contributed by atoms with Gasteiger partial charge in [-0.05, 0) is 18.9 Å². The lowest BCUT2D eigenvalue weighted by atomic mass is 10.0. The number of rotatable bonds is 8. The number of aliphatic hydroxyl groups is 1. The first-order valence-electron chi connectivity index (χ1n) is 5.79. The van der Waals surface area contributed by atoms with Gasteiger partial charge in [-0.15, -0.1) is 0 Å². The van der Waals surface area contributed by atoms with Gasteiger partial charge in [-0.1, -0.05) is 30.3 Å². The fourth-order valence-electron chi connectivity index (χ4n) is 1.48. The van der Waals surface area contributed by atoms with E-state index < -0.39 is 12.1 Å². The second-order valence-corrected chi connectivity index (χ2v) is 4.07. The van der Waals surface area contributed by atoms with Crippen LogP contribution in [0.15, 0.2) is 30.3 Å². The van der Waals surface area contributed by atoms with Crippen LogP contribution in [0.4, 0.5) is 0 Å². The summed E-state index contributed by atoms with van der Waals surface area (Å²) in [6, 6.07) is 8.45. The van der Waals surface area contributed by atoms with Crippen molar-refractivity contribution >= 4 is 12.1 Å². The lowest BCUT2D eigenvalue weighted by molar-refractivity contribution is -0.120. The number of nitrogens with one attached hydrogen (secondary N) is 2. The molecule has 2 atom stereocenters. The molecular formula is C13H18N2O3. The molecule has 0 aromatic heterocycles. The summed E-state index contributed by atoms with van der Waals surface area (Å²) in [5.41, 5.74) is 6.44. The quantitative estimate of drug-likeness (QED) is 0.441. The predicted octanol–water partition coefficient (Wildman–Crippen LogP) is -0.159. The van der Waals surface area contributed by atoms with Crippen molar-refractivity contribution in [2.45, 2.75) is 25.4 Å². The standard InChI is InChI=1S/C13H18N2O3/c1-10(18)13(15-14-12(8-16)9-17)7-11-5-3-2-4-6-11/h2-6,8,12-15,17H,7,9H2,1H3/t12-,13+/m1/s1. The Kier molecular flexibility index (Phi) is 6.21. The molecule has 98 valence electrons. The van der Waals surface area contributed by atoms with Crippen LogP contribution in [0.25, 0.3) is 0 Å². The lowest BCUT2D eigenvalue weighted by Crippen LogP contribution is -2.52. The molecule has 5 heteroatoms. The van der Waals surface area contributed by atoms with Crippen molar-refractivity contribution in [1.29, 1.82) is 0 Å². The van der Waals surface area contributed by atoms with Crippen molar-refractivity contribution in [2.24, 2.45) is 0 Å². The van der Waals surface area contributed by atoms with Gasteiger partial charge in [-0.2, -0.15) is 0 Å². The highest BCUT2D eigenvalue weighted by molar-refractivity contribution is 5.81. The van der Waals surface area contributed by atoms with Crippen LogP contribution in [-0.4, -0.2) is 35.9 Å². The Morgan fingerprint density at radius 1 is 1.33 bits per heavy atom. The van der Waals surface area contributed by atoms with Gasteiger partial charge in [0.1, 0.15) is 12.1 Å². The zero-order valence-electron chi connectivity index (χ0n) is 10.3. The number of ketones is 1. The monoisotopic (exact) mass is 250 g/mol. The fourth-order valence-corrected chi connectivity index (χ4v) is 1.48. The number of benzene rings is 1. The van der Waals surface area contributed by atoms with Crippen molar-refractivity contribution in [1.82, 2.24) is 10.9 Å². The summed E-state index contributed by atoms with van der Waals surface area (Å²) >= 11 is 0. The third-order valence-corrected chi connectivity index (χ3v) is 2.58. The van der Waals surface area contributed by atoms with Gasteiger partial charge in [0, 0.05) is 0 Å².